The van der Waals surface area contributed by atoms with Crippen LogP contribution < -0.4 is 5.46 Å². The van der Waals surface area contributed by atoms with Crippen molar-refractivity contribution in [2.75, 3.05) is 13.1 Å². The molecule has 5 heterocycles. The predicted octanol–water partition coefficient (Wildman–Crippen LogP) is 23.9. The minimum Gasteiger partial charge on any atom is -0.423 e. The summed E-state index contributed by atoms with van der Waals surface area (Å²) in [5, 5.41) is 58.3. The van der Waals surface area contributed by atoms with Crippen molar-refractivity contribution >= 4 is 108 Å². The molecule has 0 unspecified atom stereocenters. The molecule has 3 fully saturated rings. The molecule has 12 aromatic carbocycles. The molecule has 1 aliphatic carbocycles. The Kier molecular flexibility index (Phi) is 28.7. The first-order valence-corrected chi connectivity index (χ1v) is 42.6. The Hall–Kier alpha value is -9.71. The number of aromatic nitrogens is 3. The maximum absolute atomic E-state index is 12.6. The van der Waals surface area contributed by atoms with E-state index in [1.807, 2.05) is 109 Å². The minimum absolute atomic E-state index is 0. The van der Waals surface area contributed by atoms with Gasteiger partial charge in [-0.1, -0.05) is 340 Å². The van der Waals surface area contributed by atoms with Crippen LogP contribution in [0.2, 0.25) is 15.1 Å². The van der Waals surface area contributed by atoms with Crippen LogP contribution in [0.3, 0.4) is 0 Å². The zero-order valence-electron chi connectivity index (χ0n) is 65.5. The third-order valence-electron chi connectivity index (χ3n) is 23.6. The van der Waals surface area contributed by atoms with Gasteiger partial charge in [-0.05, 0) is 189 Å². The quantitative estimate of drug-likeness (QED) is 0.0339. The molecule has 5 N–H and O–H groups in total. The molecule has 2 saturated heterocycles. The van der Waals surface area contributed by atoms with E-state index in [-0.39, 0.29) is 24.5 Å². The van der Waals surface area contributed by atoms with Gasteiger partial charge in [-0.3, -0.25) is 9.80 Å². The Morgan fingerprint density at radius 3 is 0.958 bits per heavy atom. The third kappa shape index (κ3) is 18.7. The number of hydrogen-bond donors (Lipinski definition) is 5. The van der Waals surface area contributed by atoms with Crippen molar-refractivity contribution in [1.82, 2.24) is 24.8 Å². The molecular formula is C102H95BBrCl4N5O5. The lowest BCUT2D eigenvalue weighted by Gasteiger charge is -2.52. The number of benzene rings is 12. The maximum Gasteiger partial charge on any atom is 0.488 e. The highest BCUT2D eigenvalue weighted by Gasteiger charge is 2.50. The van der Waals surface area contributed by atoms with Crippen molar-refractivity contribution in [2.45, 2.75) is 112 Å². The fraction of sp³-hybridized carbons (Fsp3) is 0.206. The molecule has 0 radical (unpaired) electrons. The zero-order chi connectivity index (χ0) is 80.7. The van der Waals surface area contributed by atoms with Crippen molar-refractivity contribution < 1.29 is 25.4 Å². The van der Waals surface area contributed by atoms with E-state index in [1.165, 1.54) is 52.6 Å². The highest BCUT2D eigenvalue weighted by molar-refractivity contribution is 9.10. The monoisotopic (exact) mass is 1700 g/mol. The summed E-state index contributed by atoms with van der Waals surface area (Å²) in [5.41, 5.74) is 15.7. The summed E-state index contributed by atoms with van der Waals surface area (Å²) in [6.07, 6.45) is 10.1. The normalized spacial score (nSPS) is 16.1. The summed E-state index contributed by atoms with van der Waals surface area (Å²) in [6.45, 7) is 1.73. The first-order chi connectivity index (χ1) is 57.3. The molecular weight excluding hydrogens is 1610 g/mol. The van der Waals surface area contributed by atoms with Gasteiger partial charge in [0.2, 0.25) is 0 Å². The van der Waals surface area contributed by atoms with Crippen LogP contribution in [0.4, 0.5) is 0 Å². The van der Waals surface area contributed by atoms with Gasteiger partial charge in [0.1, 0.15) is 4.60 Å². The van der Waals surface area contributed by atoms with Crippen molar-refractivity contribution in [1.29, 1.82) is 0 Å². The van der Waals surface area contributed by atoms with E-state index < -0.39 is 36.5 Å². The largest absolute Gasteiger partial charge is 0.488 e. The first-order valence-electron chi connectivity index (χ1n) is 40.7. The molecule has 3 aliphatic rings. The van der Waals surface area contributed by atoms with Gasteiger partial charge in [0.05, 0.1) is 57.3 Å². The van der Waals surface area contributed by atoms with Crippen LogP contribution >= 0.6 is 63.1 Å². The van der Waals surface area contributed by atoms with E-state index in [4.69, 9.17) is 54.8 Å². The second-order valence-corrected chi connectivity index (χ2v) is 32.7. The van der Waals surface area contributed by atoms with Gasteiger partial charge < -0.3 is 25.4 Å². The SMILES string of the molecule is Cl.OB(O)c1ccc(Cl)cc1.O[C@H](c1cc(-c2ccc(Cl)cc2)nc2ccccc12)C1CCCCC1.O[C@H](c1cc(-c2ccc(Cl)cc2)nc2ccccc12)[C@@H]1CCCCN1C(c1ccccc1)(c1ccccc1)c1ccccc1.O[C@H](c1cc(Br)nc2ccccc12)[C@@H]1CCCCN1C(c1ccccc1)(c1ccccc1)c1ccccc1. The zero-order valence-corrected chi connectivity index (χ0v) is 70.2. The van der Waals surface area contributed by atoms with Gasteiger partial charge >= 0.3 is 7.12 Å². The Balaban J connectivity index is 0.000000140. The molecule has 5 atom stereocenters. The van der Waals surface area contributed by atoms with Crippen LogP contribution in [-0.2, 0) is 11.1 Å². The van der Waals surface area contributed by atoms with Gasteiger partial charge in [-0.15, -0.1) is 12.4 Å². The fourth-order valence-electron chi connectivity index (χ4n) is 18.1. The number of para-hydroxylation sites is 3. The van der Waals surface area contributed by atoms with Gasteiger partial charge in [0.25, 0.3) is 0 Å². The Morgan fingerprint density at radius 1 is 0.331 bits per heavy atom. The number of aliphatic hydroxyl groups excluding tert-OH is 3. The minimum atomic E-state index is -1.41. The first kappa shape index (κ1) is 84.7. The van der Waals surface area contributed by atoms with Crippen LogP contribution in [0.5, 0.6) is 0 Å². The summed E-state index contributed by atoms with van der Waals surface area (Å²) in [6, 6.07) is 117. The number of fused-ring (bicyclic) bond motifs is 3. The maximum atomic E-state index is 12.6. The highest BCUT2D eigenvalue weighted by atomic mass is 79.9. The molecule has 18 rings (SSSR count). The molecule has 16 heteroatoms. The van der Waals surface area contributed by atoms with Gasteiger partial charge in [0.15, 0.2) is 0 Å². The number of pyridine rings is 3. The van der Waals surface area contributed by atoms with E-state index in [0.29, 0.717) is 26.4 Å². The molecule has 10 nitrogen and oxygen atoms in total. The summed E-state index contributed by atoms with van der Waals surface area (Å²) < 4.78 is 0.744. The predicted molar refractivity (Wildman–Crippen MR) is 491 cm³/mol. The van der Waals surface area contributed by atoms with E-state index in [1.54, 1.807) is 24.3 Å². The highest BCUT2D eigenvalue weighted by Crippen LogP contribution is 2.51. The van der Waals surface area contributed by atoms with Crippen LogP contribution in [0.1, 0.15) is 139 Å². The number of halogens is 5. The number of likely N-dealkylation sites (tertiary alicyclic amines) is 2. The summed E-state index contributed by atoms with van der Waals surface area (Å²) >= 11 is 21.4. The smallest absolute Gasteiger partial charge is 0.423 e. The topological polar surface area (TPSA) is 146 Å². The molecule has 596 valence electrons. The van der Waals surface area contributed by atoms with Crippen LogP contribution in [0, 0.1) is 5.92 Å². The summed E-state index contributed by atoms with van der Waals surface area (Å²) in [4.78, 5) is 19.6. The average Bonchev–Trinajstić information content (AvgIpc) is 0.727. The average molecular weight is 1700 g/mol. The summed E-state index contributed by atoms with van der Waals surface area (Å²) in [5.74, 6) is 0.345. The number of aliphatic hydroxyl groups is 3. The Labute approximate surface area is 722 Å². The molecule has 0 spiro atoms. The van der Waals surface area contributed by atoms with Crippen LogP contribution in [0.15, 0.2) is 350 Å². The van der Waals surface area contributed by atoms with Crippen molar-refractivity contribution in [3.05, 3.63) is 416 Å². The van der Waals surface area contributed by atoms with Crippen molar-refractivity contribution in [2.24, 2.45) is 5.92 Å². The van der Waals surface area contributed by atoms with Gasteiger partial charge in [-0.25, -0.2) is 15.0 Å². The Bertz CT molecular complexity index is 5530. The second-order valence-electron chi connectivity index (χ2n) is 30.6. The standard InChI is InChI=1S/C40H35ClN2O.C34H31BrN2O.C22H22ClNO.C6H6BClO2.ClH/c41-33-25-23-29(24-26-33)37-28-35(34-20-10-11-21-36(34)42-37)39(44)38-22-12-13-27-43(38)40(30-14-4-1-5-15-30,31-16-6-2-7-17-31)32-18-8-3-9-19-32;35-32-24-29(28-20-10-11-21-30(28)36-32)33(38)31-22-12-13-23-37(31)34(25-14-4-1-5-15-25,26-16-6-2-7-17-26)27-18-8-3-9-19-27;23-17-12-10-15(11-13-17)21-14-19(18-8-4-5-9-20(18)24-21)22(25)16-6-2-1-3-7-16;8-6-3-1-5(2-4-6)7(9)10;/h1-11,14-21,23-26,28,38-39,44H,12-13,22,27H2;1-11,14-21,24,31,33,38H,12-13,22-23H2;4-5,8-14,16,22,25H,1-3,6-7H2;1-4,9-10H;1H/t38-,39+;31-,33+;22-;;/m000../s1. The van der Waals surface area contributed by atoms with E-state index in [2.05, 4.69) is 243 Å². The van der Waals surface area contributed by atoms with E-state index in [9.17, 15) is 15.3 Å². The third-order valence-corrected chi connectivity index (χ3v) is 24.7. The van der Waals surface area contributed by atoms with Crippen molar-refractivity contribution in [3.8, 4) is 22.5 Å². The lowest BCUT2D eigenvalue weighted by Crippen LogP contribution is -2.56. The van der Waals surface area contributed by atoms with Crippen LogP contribution in [-0.4, -0.2) is 82.4 Å². The van der Waals surface area contributed by atoms with Gasteiger partial charge in [0, 0.05) is 67.5 Å². The molecule has 3 aromatic heterocycles. The van der Waals surface area contributed by atoms with Gasteiger partial charge in [-0.2, -0.15) is 0 Å². The molecule has 0 amide bonds. The molecule has 118 heavy (non-hydrogen) atoms. The Morgan fingerprint density at radius 2 is 0.619 bits per heavy atom. The number of rotatable bonds is 17. The van der Waals surface area contributed by atoms with E-state index >= 15 is 0 Å². The summed E-state index contributed by atoms with van der Waals surface area (Å²) in [7, 11) is -1.41. The molecule has 2 aliphatic heterocycles. The molecule has 15 aromatic rings. The fourth-order valence-corrected chi connectivity index (χ4v) is 18.9. The number of piperidine rings is 2. The second kappa shape index (κ2) is 39.9. The van der Waals surface area contributed by atoms with E-state index in [0.717, 1.165) is 141 Å². The molecule has 0 bridgehead atoms. The number of hydrogen-bond acceptors (Lipinski definition) is 10. The van der Waals surface area contributed by atoms with Crippen molar-refractivity contribution in [3.63, 3.8) is 0 Å². The number of nitrogens with zero attached hydrogens (tertiary/aromatic N) is 5. The van der Waals surface area contributed by atoms with Crippen LogP contribution in [0.25, 0.3) is 55.2 Å². The lowest BCUT2D eigenvalue weighted by atomic mass is 9.73. The lowest BCUT2D eigenvalue weighted by molar-refractivity contribution is -0.0169. The molecule has 1 saturated carbocycles.